The molecular weight excluding hydrogens is 360 g/mol. The molecule has 3 heteroatoms. The molecule has 0 amide bonds. The normalized spacial score (nSPS) is 12.6. The molecular formula is C21H21BrN2. The molecule has 3 rings (SSSR count). The summed E-state index contributed by atoms with van der Waals surface area (Å²) < 4.78 is 3.21. The summed E-state index contributed by atoms with van der Waals surface area (Å²) in [6.45, 7) is 4.47. The number of benzene rings is 2. The smallest absolute Gasteiger partial charge is 0.0639 e. The molecule has 0 unspecified atom stereocenters. The second-order valence-corrected chi connectivity index (χ2v) is 6.85. The highest BCUT2D eigenvalue weighted by molar-refractivity contribution is 9.10. The lowest BCUT2D eigenvalue weighted by molar-refractivity contribution is 0.734. The number of aliphatic imine (C=N–C) groups is 1. The Labute approximate surface area is 152 Å². The Morgan fingerprint density at radius 2 is 1.75 bits per heavy atom. The van der Waals surface area contributed by atoms with Crippen LogP contribution in [0.5, 0.6) is 0 Å². The van der Waals surface area contributed by atoms with Crippen molar-refractivity contribution >= 4 is 27.8 Å². The van der Waals surface area contributed by atoms with Gasteiger partial charge in [0.2, 0.25) is 0 Å². The van der Waals surface area contributed by atoms with E-state index in [1.165, 1.54) is 5.56 Å². The van der Waals surface area contributed by atoms with Crippen molar-refractivity contribution in [2.45, 2.75) is 26.2 Å². The van der Waals surface area contributed by atoms with Crippen molar-refractivity contribution in [1.29, 1.82) is 0 Å². The molecule has 0 saturated carbocycles. The molecule has 0 N–H and O–H groups in total. The van der Waals surface area contributed by atoms with Gasteiger partial charge in [-0.2, -0.15) is 0 Å². The van der Waals surface area contributed by atoms with Crippen LogP contribution in [-0.2, 0) is 0 Å². The van der Waals surface area contributed by atoms with Crippen LogP contribution in [0.3, 0.4) is 0 Å². The lowest BCUT2D eigenvalue weighted by Gasteiger charge is -2.08. The van der Waals surface area contributed by atoms with Gasteiger partial charge in [0, 0.05) is 16.4 Å². The van der Waals surface area contributed by atoms with Gasteiger partial charge >= 0.3 is 0 Å². The van der Waals surface area contributed by atoms with Gasteiger partial charge in [0.25, 0.3) is 0 Å². The van der Waals surface area contributed by atoms with E-state index in [0.29, 0.717) is 5.92 Å². The molecule has 1 heterocycles. The third-order valence-corrected chi connectivity index (χ3v) is 4.83. The van der Waals surface area contributed by atoms with Crippen molar-refractivity contribution in [3.05, 3.63) is 82.6 Å². The summed E-state index contributed by atoms with van der Waals surface area (Å²) in [6, 6.07) is 20.9. The first-order valence-electron chi connectivity index (χ1n) is 8.24. The third kappa shape index (κ3) is 3.85. The van der Waals surface area contributed by atoms with Crippen molar-refractivity contribution in [1.82, 2.24) is 4.57 Å². The Morgan fingerprint density at radius 1 is 1.04 bits per heavy atom. The number of nitrogens with zero attached hydrogens (tertiary/aromatic N) is 2. The minimum atomic E-state index is 0.595. The zero-order valence-electron chi connectivity index (χ0n) is 14.0. The molecule has 2 aromatic carbocycles. The summed E-state index contributed by atoms with van der Waals surface area (Å²) in [5.41, 5.74) is 4.53. The second-order valence-electron chi connectivity index (χ2n) is 5.94. The van der Waals surface area contributed by atoms with Crippen LogP contribution >= 0.6 is 15.9 Å². The van der Waals surface area contributed by atoms with E-state index in [1.807, 2.05) is 24.4 Å². The third-order valence-electron chi connectivity index (χ3n) is 4.31. The van der Waals surface area contributed by atoms with Crippen LogP contribution in [0.2, 0.25) is 0 Å². The van der Waals surface area contributed by atoms with Crippen LogP contribution in [0.25, 0.3) is 5.69 Å². The van der Waals surface area contributed by atoms with Crippen molar-refractivity contribution in [3.63, 3.8) is 0 Å². The Balaban J connectivity index is 1.80. The topological polar surface area (TPSA) is 17.3 Å². The molecule has 3 aromatic rings. The molecule has 0 aliphatic heterocycles. The van der Waals surface area contributed by atoms with Gasteiger partial charge in [0.05, 0.1) is 17.6 Å². The fraction of sp³-hybridized carbons (Fsp3) is 0.190. The summed E-state index contributed by atoms with van der Waals surface area (Å²) in [7, 11) is 0. The summed E-state index contributed by atoms with van der Waals surface area (Å²) >= 11 is 3.47. The molecule has 0 fully saturated rings. The van der Waals surface area contributed by atoms with E-state index in [1.54, 1.807) is 0 Å². The molecule has 1 aromatic heterocycles. The maximum absolute atomic E-state index is 4.62. The Hall–Kier alpha value is -2.13. The van der Waals surface area contributed by atoms with Crippen LogP contribution in [0, 0.1) is 0 Å². The molecule has 0 spiro atoms. The van der Waals surface area contributed by atoms with Gasteiger partial charge in [-0.1, -0.05) is 41.9 Å². The van der Waals surface area contributed by atoms with Crippen molar-refractivity contribution in [2.75, 3.05) is 0 Å². The molecule has 0 aliphatic carbocycles. The summed E-state index contributed by atoms with van der Waals surface area (Å²) in [5, 5.41) is 0. The summed E-state index contributed by atoms with van der Waals surface area (Å²) in [4.78, 5) is 4.62. The van der Waals surface area contributed by atoms with Gasteiger partial charge in [-0.05, 0) is 66.4 Å². The molecule has 122 valence electrons. The Bertz CT molecular complexity index is 814. The number of halogens is 1. The maximum Gasteiger partial charge on any atom is 0.0639 e. The van der Waals surface area contributed by atoms with E-state index in [0.717, 1.165) is 28.0 Å². The number of hydrogen-bond donors (Lipinski definition) is 0. The summed E-state index contributed by atoms with van der Waals surface area (Å²) in [5.74, 6) is 0.595. The lowest BCUT2D eigenvalue weighted by atomic mass is 9.99. The largest absolute Gasteiger partial charge is 0.316 e. The van der Waals surface area contributed by atoms with E-state index < -0.39 is 0 Å². The number of rotatable bonds is 5. The predicted molar refractivity (Wildman–Crippen MR) is 106 cm³/mol. The van der Waals surface area contributed by atoms with Crippen LogP contribution in [-0.4, -0.2) is 10.8 Å². The molecule has 0 aliphatic rings. The molecule has 0 radical (unpaired) electrons. The van der Waals surface area contributed by atoms with E-state index in [2.05, 4.69) is 88.0 Å². The Kier molecular flexibility index (Phi) is 5.31. The zero-order valence-corrected chi connectivity index (χ0v) is 15.6. The van der Waals surface area contributed by atoms with Crippen LogP contribution in [0.1, 0.15) is 37.4 Å². The minimum Gasteiger partial charge on any atom is -0.316 e. The van der Waals surface area contributed by atoms with Crippen LogP contribution < -0.4 is 0 Å². The van der Waals surface area contributed by atoms with Gasteiger partial charge < -0.3 is 4.57 Å². The molecule has 24 heavy (non-hydrogen) atoms. The highest BCUT2D eigenvalue weighted by atomic mass is 79.9. The molecule has 2 nitrogen and oxygen atoms in total. The van der Waals surface area contributed by atoms with E-state index in [-0.39, 0.29) is 0 Å². The van der Waals surface area contributed by atoms with Gasteiger partial charge in [0.15, 0.2) is 0 Å². The highest BCUT2D eigenvalue weighted by Crippen LogP contribution is 2.22. The monoisotopic (exact) mass is 380 g/mol. The van der Waals surface area contributed by atoms with Gasteiger partial charge in [0.1, 0.15) is 0 Å². The van der Waals surface area contributed by atoms with Gasteiger partial charge in [-0.25, -0.2) is 0 Å². The number of hydrogen-bond acceptors (Lipinski definition) is 1. The highest BCUT2D eigenvalue weighted by Gasteiger charge is 2.03. The van der Waals surface area contributed by atoms with Crippen molar-refractivity contribution < 1.29 is 0 Å². The van der Waals surface area contributed by atoms with E-state index >= 15 is 0 Å². The first kappa shape index (κ1) is 16.7. The molecule has 0 bridgehead atoms. The fourth-order valence-corrected chi connectivity index (χ4v) is 2.87. The second kappa shape index (κ2) is 7.63. The van der Waals surface area contributed by atoms with Crippen molar-refractivity contribution in [2.24, 2.45) is 4.99 Å². The summed E-state index contributed by atoms with van der Waals surface area (Å²) in [6.07, 6.45) is 5.13. The average Bonchev–Trinajstić information content (AvgIpc) is 3.09. The Morgan fingerprint density at radius 3 is 2.42 bits per heavy atom. The fourth-order valence-electron chi connectivity index (χ4n) is 2.60. The number of aromatic nitrogens is 1. The lowest BCUT2D eigenvalue weighted by Crippen LogP contribution is -1.97. The molecule has 1 atom stereocenters. The maximum atomic E-state index is 4.62. The van der Waals surface area contributed by atoms with Crippen molar-refractivity contribution in [3.8, 4) is 5.69 Å². The quantitative estimate of drug-likeness (QED) is 0.449. The average molecular weight is 381 g/mol. The van der Waals surface area contributed by atoms with Gasteiger partial charge in [-0.3, -0.25) is 4.99 Å². The SMILES string of the molecule is CC[C@@H](C)c1ccc(N=Cc2cccn2-c2ccc(Br)cc2)cc1. The standard InChI is InChI=1S/C21H21BrN2/c1-3-16(2)17-6-10-19(11-7-17)23-15-21-5-4-14-24(21)20-12-8-18(22)9-13-20/h4-16H,3H2,1-2H3/t16-/m1/s1. The first-order valence-corrected chi connectivity index (χ1v) is 9.04. The first-order chi connectivity index (χ1) is 11.7. The van der Waals surface area contributed by atoms with Crippen LogP contribution in [0.4, 0.5) is 5.69 Å². The minimum absolute atomic E-state index is 0.595. The van der Waals surface area contributed by atoms with Crippen LogP contribution in [0.15, 0.2) is 76.3 Å². The zero-order chi connectivity index (χ0) is 16.9. The van der Waals surface area contributed by atoms with E-state index in [9.17, 15) is 0 Å². The van der Waals surface area contributed by atoms with Gasteiger partial charge in [-0.15, -0.1) is 0 Å². The van der Waals surface area contributed by atoms with E-state index in [4.69, 9.17) is 0 Å². The molecule has 0 saturated heterocycles. The predicted octanol–water partition coefficient (Wildman–Crippen LogP) is 6.50.